The molecule has 2 aromatic rings. The highest BCUT2D eigenvalue weighted by atomic mass is 19.1. The second-order valence-corrected chi connectivity index (χ2v) is 7.88. The van der Waals surface area contributed by atoms with Crippen molar-refractivity contribution in [2.75, 3.05) is 13.3 Å². The molecule has 1 aliphatic rings. The molecule has 0 radical (unpaired) electrons. The van der Waals surface area contributed by atoms with E-state index in [0.717, 1.165) is 19.1 Å². The Labute approximate surface area is 207 Å². The standard InChI is InChI=1S/C23H22F2N2O10/c1-12(28)34-11-35-21-15(24)10-13-9-14(23(33)36-20(13)19(21)25)22(32)26-8-4-2-3-5-18(31)37-27-16(29)6-7-17(27)30/h9-10H,2-8,11H2,1H3,(H,26,32). The van der Waals surface area contributed by atoms with Gasteiger partial charge in [0.05, 0.1) is 0 Å². The Morgan fingerprint density at radius 3 is 2.43 bits per heavy atom. The zero-order chi connectivity index (χ0) is 27.1. The van der Waals surface area contributed by atoms with Crippen LogP contribution in [0, 0.1) is 11.6 Å². The van der Waals surface area contributed by atoms with E-state index in [-0.39, 0.29) is 31.2 Å². The minimum atomic E-state index is -1.34. The largest absolute Gasteiger partial charge is 0.451 e. The van der Waals surface area contributed by atoms with Gasteiger partial charge in [-0.3, -0.25) is 19.2 Å². The number of fused-ring (bicyclic) bond motifs is 1. The molecular formula is C23H22F2N2O10. The van der Waals surface area contributed by atoms with E-state index in [1.54, 1.807) is 0 Å². The molecule has 198 valence electrons. The lowest BCUT2D eigenvalue weighted by molar-refractivity contribution is -0.197. The summed E-state index contributed by atoms with van der Waals surface area (Å²) in [6.45, 7) is 0.418. The second kappa shape index (κ2) is 12.1. The van der Waals surface area contributed by atoms with Crippen molar-refractivity contribution in [2.24, 2.45) is 0 Å². The summed E-state index contributed by atoms with van der Waals surface area (Å²) in [5, 5.41) is 2.72. The van der Waals surface area contributed by atoms with Crippen LogP contribution in [-0.2, 0) is 28.8 Å². The number of halogens is 2. The number of carbonyl (C=O) groups is 5. The highest BCUT2D eigenvalue weighted by molar-refractivity contribution is 6.01. The summed E-state index contributed by atoms with van der Waals surface area (Å²) in [5.74, 6) is -6.89. The number of hydroxylamine groups is 2. The van der Waals surface area contributed by atoms with Crippen LogP contribution >= 0.6 is 0 Å². The summed E-state index contributed by atoms with van der Waals surface area (Å²) >= 11 is 0. The van der Waals surface area contributed by atoms with Gasteiger partial charge in [0.2, 0.25) is 12.6 Å². The highest BCUT2D eigenvalue weighted by Gasteiger charge is 2.32. The van der Waals surface area contributed by atoms with E-state index >= 15 is 0 Å². The number of benzene rings is 1. The van der Waals surface area contributed by atoms with Gasteiger partial charge in [-0.1, -0.05) is 6.42 Å². The molecule has 3 amide bonds. The molecule has 3 rings (SSSR count). The number of imide groups is 1. The number of nitrogens with one attached hydrogen (secondary N) is 1. The molecule has 37 heavy (non-hydrogen) atoms. The van der Waals surface area contributed by atoms with Crippen LogP contribution in [0.4, 0.5) is 8.78 Å². The molecule has 1 N–H and O–H groups in total. The summed E-state index contributed by atoms with van der Waals surface area (Å²) in [6, 6.07) is 1.76. The van der Waals surface area contributed by atoms with Crippen molar-refractivity contribution in [1.82, 2.24) is 10.4 Å². The van der Waals surface area contributed by atoms with Crippen LogP contribution in [0.2, 0.25) is 0 Å². The van der Waals surface area contributed by atoms with Crippen LogP contribution in [0.5, 0.6) is 5.75 Å². The van der Waals surface area contributed by atoms with Crippen LogP contribution in [0.3, 0.4) is 0 Å². The molecule has 14 heteroatoms. The number of carbonyl (C=O) groups excluding carboxylic acids is 5. The Balaban J connectivity index is 1.50. The van der Waals surface area contributed by atoms with Gasteiger partial charge in [-0.2, -0.15) is 4.39 Å². The number of esters is 1. The summed E-state index contributed by atoms with van der Waals surface area (Å²) in [7, 11) is 0. The number of hydrogen-bond acceptors (Lipinski definition) is 10. The van der Waals surface area contributed by atoms with Gasteiger partial charge in [-0.05, 0) is 25.0 Å². The zero-order valence-corrected chi connectivity index (χ0v) is 19.6. The van der Waals surface area contributed by atoms with E-state index in [0.29, 0.717) is 24.3 Å². The third-order valence-electron chi connectivity index (χ3n) is 5.13. The van der Waals surface area contributed by atoms with E-state index in [2.05, 4.69) is 10.1 Å². The van der Waals surface area contributed by atoms with Gasteiger partial charge >= 0.3 is 17.6 Å². The predicted molar refractivity (Wildman–Crippen MR) is 118 cm³/mol. The van der Waals surface area contributed by atoms with E-state index in [1.165, 1.54) is 0 Å². The fraction of sp³-hybridized carbons (Fsp3) is 0.391. The average molecular weight is 524 g/mol. The molecule has 0 atom stereocenters. The summed E-state index contributed by atoms with van der Waals surface area (Å²) in [4.78, 5) is 74.7. The topological polar surface area (TPSA) is 159 Å². The zero-order valence-electron chi connectivity index (χ0n) is 19.6. The summed E-state index contributed by atoms with van der Waals surface area (Å²) in [5.41, 5.74) is -2.30. The normalized spacial score (nSPS) is 13.1. The van der Waals surface area contributed by atoms with Crippen molar-refractivity contribution >= 4 is 40.6 Å². The predicted octanol–water partition coefficient (Wildman–Crippen LogP) is 1.87. The van der Waals surface area contributed by atoms with Gasteiger partial charge in [-0.25, -0.2) is 14.0 Å². The fourth-order valence-corrected chi connectivity index (χ4v) is 3.31. The van der Waals surface area contributed by atoms with Gasteiger partial charge in [0.1, 0.15) is 5.56 Å². The number of nitrogens with zero attached hydrogens (tertiary/aromatic N) is 1. The molecule has 12 nitrogen and oxygen atoms in total. The first kappa shape index (κ1) is 27.2. The monoisotopic (exact) mass is 524 g/mol. The second-order valence-electron chi connectivity index (χ2n) is 7.88. The number of hydrogen-bond donors (Lipinski definition) is 1. The summed E-state index contributed by atoms with van der Waals surface area (Å²) in [6.07, 6.45) is 1.17. The first-order chi connectivity index (χ1) is 17.6. The van der Waals surface area contributed by atoms with Crippen molar-refractivity contribution in [3.63, 3.8) is 0 Å². The number of amides is 3. The van der Waals surface area contributed by atoms with Crippen molar-refractivity contribution in [3.05, 3.63) is 39.8 Å². The molecule has 2 heterocycles. The fourth-order valence-electron chi connectivity index (χ4n) is 3.31. The minimum Gasteiger partial charge on any atom is -0.451 e. The van der Waals surface area contributed by atoms with Crippen molar-refractivity contribution in [1.29, 1.82) is 0 Å². The van der Waals surface area contributed by atoms with Gasteiger partial charge in [-0.15, -0.1) is 5.06 Å². The average Bonchev–Trinajstić information content (AvgIpc) is 3.15. The molecule has 0 spiro atoms. The summed E-state index contributed by atoms with van der Waals surface area (Å²) < 4.78 is 42.9. The first-order valence-corrected chi connectivity index (χ1v) is 11.1. The Kier molecular flexibility index (Phi) is 8.87. The minimum absolute atomic E-state index is 0.00163. The first-order valence-electron chi connectivity index (χ1n) is 11.1. The number of unbranched alkanes of at least 4 members (excludes halogenated alkanes) is 2. The van der Waals surface area contributed by atoms with E-state index in [1.807, 2.05) is 0 Å². The van der Waals surface area contributed by atoms with Crippen molar-refractivity contribution < 1.29 is 51.5 Å². The van der Waals surface area contributed by atoms with Gasteiger partial charge < -0.3 is 24.0 Å². The van der Waals surface area contributed by atoms with Crippen molar-refractivity contribution in [3.8, 4) is 5.75 Å². The van der Waals surface area contributed by atoms with Crippen LogP contribution in [0.15, 0.2) is 21.3 Å². The lowest BCUT2D eigenvalue weighted by Gasteiger charge is -2.12. The molecule has 1 aliphatic heterocycles. The van der Waals surface area contributed by atoms with E-state index < -0.39 is 70.6 Å². The lowest BCUT2D eigenvalue weighted by Crippen LogP contribution is -2.32. The SMILES string of the molecule is CC(=O)OCOc1c(F)cc2cc(C(=O)NCCCCCC(=O)ON3C(=O)CCC3=O)c(=O)oc2c1F. The maximum absolute atomic E-state index is 14.6. The number of ether oxygens (including phenoxy) is 2. The van der Waals surface area contributed by atoms with E-state index in [4.69, 9.17) is 14.0 Å². The van der Waals surface area contributed by atoms with Crippen LogP contribution in [0.1, 0.15) is 55.8 Å². The van der Waals surface area contributed by atoms with Crippen molar-refractivity contribution in [2.45, 2.75) is 45.4 Å². The molecule has 0 bridgehead atoms. The molecule has 1 fully saturated rings. The molecule has 0 saturated carbocycles. The van der Waals surface area contributed by atoms with Crippen LogP contribution in [0.25, 0.3) is 11.0 Å². The third-order valence-corrected chi connectivity index (χ3v) is 5.13. The quantitative estimate of drug-likeness (QED) is 0.151. The Morgan fingerprint density at radius 2 is 1.76 bits per heavy atom. The maximum atomic E-state index is 14.6. The molecule has 1 aromatic carbocycles. The highest BCUT2D eigenvalue weighted by Crippen LogP contribution is 2.29. The third kappa shape index (κ3) is 6.86. The molecule has 1 saturated heterocycles. The Bertz CT molecular complexity index is 1290. The molecule has 1 aromatic heterocycles. The maximum Gasteiger partial charge on any atom is 0.349 e. The number of rotatable bonds is 11. The van der Waals surface area contributed by atoms with Crippen LogP contribution < -0.4 is 15.7 Å². The van der Waals surface area contributed by atoms with E-state index in [9.17, 15) is 37.5 Å². The van der Waals surface area contributed by atoms with Gasteiger partial charge in [0, 0.05) is 38.1 Å². The Hall–Kier alpha value is -4.36. The lowest BCUT2D eigenvalue weighted by atomic mass is 10.1. The van der Waals surface area contributed by atoms with Gasteiger partial charge in [0.15, 0.2) is 17.1 Å². The van der Waals surface area contributed by atoms with Gasteiger partial charge in [0.25, 0.3) is 17.7 Å². The Morgan fingerprint density at radius 1 is 1.05 bits per heavy atom. The molecular weight excluding hydrogens is 502 g/mol. The smallest absolute Gasteiger partial charge is 0.349 e. The molecule has 0 unspecified atom stereocenters. The van der Waals surface area contributed by atoms with Crippen LogP contribution in [-0.4, -0.2) is 48.1 Å². The molecule has 0 aliphatic carbocycles.